The van der Waals surface area contributed by atoms with Gasteiger partial charge in [-0.25, -0.2) is 4.79 Å². The van der Waals surface area contributed by atoms with Gasteiger partial charge in [0.2, 0.25) is 0 Å². The second-order valence-corrected chi connectivity index (χ2v) is 6.98. The molecule has 2 N–H and O–H groups in total. The van der Waals surface area contributed by atoms with Gasteiger partial charge >= 0.3 is 12.0 Å². The molecule has 1 aromatic carbocycles. The number of hydrogen-bond donors (Lipinski definition) is 2. The summed E-state index contributed by atoms with van der Waals surface area (Å²) >= 11 is 0. The van der Waals surface area contributed by atoms with E-state index in [4.69, 9.17) is 14.6 Å². The summed E-state index contributed by atoms with van der Waals surface area (Å²) in [7, 11) is 0. The minimum absolute atomic E-state index is 0.106. The number of likely N-dealkylation sites (tertiary alicyclic amines) is 1. The molecule has 2 saturated heterocycles. The van der Waals surface area contributed by atoms with Gasteiger partial charge in [0.05, 0.1) is 17.7 Å². The molecule has 26 heavy (non-hydrogen) atoms. The number of nitrogens with zero attached hydrogens (tertiary/aromatic N) is 1. The first-order valence-electron chi connectivity index (χ1n) is 9.16. The Kier molecular flexibility index (Phi) is 5.98. The average molecular weight is 362 g/mol. The normalized spacial score (nSPS) is 20.8. The Morgan fingerprint density at radius 2 is 2.08 bits per heavy atom. The Hall–Kier alpha value is -2.28. The summed E-state index contributed by atoms with van der Waals surface area (Å²) in [5.74, 6) is -0.508. The molecule has 7 nitrogen and oxygen atoms in total. The number of urea groups is 1. The van der Waals surface area contributed by atoms with Crippen molar-refractivity contribution in [3.63, 3.8) is 0 Å². The van der Waals surface area contributed by atoms with Crippen LogP contribution in [0.5, 0.6) is 5.75 Å². The first-order valence-corrected chi connectivity index (χ1v) is 9.16. The van der Waals surface area contributed by atoms with Crippen LogP contribution in [-0.4, -0.2) is 54.4 Å². The van der Waals surface area contributed by atoms with Crippen LogP contribution in [0.25, 0.3) is 0 Å². The lowest BCUT2D eigenvalue weighted by atomic mass is 9.97. The highest BCUT2D eigenvalue weighted by atomic mass is 16.5. The van der Waals surface area contributed by atoms with Crippen LogP contribution in [0.15, 0.2) is 18.2 Å². The van der Waals surface area contributed by atoms with E-state index in [-0.39, 0.29) is 18.1 Å². The van der Waals surface area contributed by atoms with Crippen LogP contribution in [0, 0.1) is 12.8 Å². The average Bonchev–Trinajstić information content (AvgIpc) is 3.15. The number of piperidine rings is 1. The number of carboxylic acid groups (broad SMARTS) is 1. The Bertz CT molecular complexity index is 649. The fourth-order valence-corrected chi connectivity index (χ4v) is 3.33. The third kappa shape index (κ3) is 4.66. The highest BCUT2D eigenvalue weighted by Gasteiger charge is 2.27. The number of amides is 2. The molecule has 0 aromatic heterocycles. The van der Waals surface area contributed by atoms with E-state index in [9.17, 15) is 9.59 Å². The Morgan fingerprint density at radius 1 is 1.31 bits per heavy atom. The highest BCUT2D eigenvalue weighted by molar-refractivity contribution is 5.91. The molecule has 2 heterocycles. The van der Waals surface area contributed by atoms with Crippen LogP contribution in [0.2, 0.25) is 0 Å². The van der Waals surface area contributed by atoms with E-state index in [0.717, 1.165) is 25.0 Å². The van der Waals surface area contributed by atoms with Gasteiger partial charge in [-0.2, -0.15) is 0 Å². The summed E-state index contributed by atoms with van der Waals surface area (Å²) in [5.41, 5.74) is 1.67. The molecule has 2 fully saturated rings. The number of benzene rings is 1. The minimum Gasteiger partial charge on any atom is -0.489 e. The van der Waals surface area contributed by atoms with Crippen molar-refractivity contribution in [3.05, 3.63) is 23.8 Å². The SMILES string of the molecule is Cc1ccc(NC(=O)N2CCC(C(=O)O)CC2)c(OCC2CCCO2)c1. The van der Waals surface area contributed by atoms with E-state index in [2.05, 4.69) is 5.32 Å². The van der Waals surface area contributed by atoms with Gasteiger partial charge in [-0.1, -0.05) is 6.07 Å². The molecule has 2 aliphatic rings. The number of anilines is 1. The molecular formula is C19H26N2O5. The van der Waals surface area contributed by atoms with Crippen LogP contribution in [-0.2, 0) is 9.53 Å². The monoisotopic (exact) mass is 362 g/mol. The summed E-state index contributed by atoms with van der Waals surface area (Å²) < 4.78 is 11.5. The molecule has 142 valence electrons. The molecule has 1 atom stereocenters. The topological polar surface area (TPSA) is 88.1 Å². The number of nitrogens with one attached hydrogen (secondary N) is 1. The van der Waals surface area contributed by atoms with Crippen LogP contribution < -0.4 is 10.1 Å². The van der Waals surface area contributed by atoms with Gasteiger partial charge in [0.15, 0.2) is 0 Å². The van der Waals surface area contributed by atoms with Gasteiger partial charge in [0.1, 0.15) is 12.4 Å². The molecule has 0 spiro atoms. The molecule has 0 radical (unpaired) electrons. The van der Waals surface area contributed by atoms with Crippen LogP contribution in [0.1, 0.15) is 31.2 Å². The van der Waals surface area contributed by atoms with Crippen molar-refractivity contribution in [1.29, 1.82) is 0 Å². The predicted octanol–water partition coefficient (Wildman–Crippen LogP) is 2.88. The van der Waals surface area contributed by atoms with E-state index < -0.39 is 5.97 Å². The molecule has 1 unspecified atom stereocenters. The summed E-state index contributed by atoms with van der Waals surface area (Å²) in [5, 5.41) is 12.0. The van der Waals surface area contributed by atoms with E-state index in [1.165, 1.54) is 0 Å². The van der Waals surface area contributed by atoms with E-state index in [1.807, 2.05) is 25.1 Å². The van der Waals surface area contributed by atoms with E-state index in [0.29, 0.717) is 44.0 Å². The van der Waals surface area contributed by atoms with Gasteiger partial charge in [0.25, 0.3) is 0 Å². The second-order valence-electron chi connectivity index (χ2n) is 6.98. The number of carbonyl (C=O) groups is 2. The smallest absolute Gasteiger partial charge is 0.321 e. The van der Waals surface area contributed by atoms with Crippen molar-refractivity contribution in [3.8, 4) is 5.75 Å². The van der Waals surface area contributed by atoms with Crippen molar-refractivity contribution in [1.82, 2.24) is 4.90 Å². The lowest BCUT2D eigenvalue weighted by molar-refractivity contribution is -0.143. The van der Waals surface area contributed by atoms with Gasteiger partial charge in [-0.05, 0) is 50.3 Å². The summed E-state index contributed by atoms with van der Waals surface area (Å²) in [6, 6.07) is 5.44. The van der Waals surface area contributed by atoms with Crippen molar-refractivity contribution in [2.45, 2.75) is 38.7 Å². The number of aryl methyl sites for hydroxylation is 1. The first kappa shape index (κ1) is 18.5. The van der Waals surface area contributed by atoms with E-state index in [1.54, 1.807) is 4.90 Å². The number of carboxylic acids is 1. The molecule has 2 aliphatic heterocycles. The Balaban J connectivity index is 1.59. The zero-order valence-corrected chi connectivity index (χ0v) is 15.1. The maximum Gasteiger partial charge on any atom is 0.321 e. The summed E-state index contributed by atoms with van der Waals surface area (Å²) in [6.07, 6.45) is 3.12. The number of rotatable bonds is 5. The Labute approximate surface area is 153 Å². The number of hydrogen-bond acceptors (Lipinski definition) is 4. The fraction of sp³-hybridized carbons (Fsp3) is 0.579. The van der Waals surface area contributed by atoms with Gasteiger partial charge in [-0.3, -0.25) is 4.79 Å². The lowest BCUT2D eigenvalue weighted by Crippen LogP contribution is -2.42. The molecule has 1 aromatic rings. The van der Waals surface area contributed by atoms with Gasteiger partial charge < -0.3 is 24.8 Å². The van der Waals surface area contributed by atoms with Crippen LogP contribution >= 0.6 is 0 Å². The van der Waals surface area contributed by atoms with Crippen molar-refractivity contribution in [2.75, 3.05) is 31.6 Å². The zero-order chi connectivity index (χ0) is 18.5. The lowest BCUT2D eigenvalue weighted by Gasteiger charge is -2.30. The standard InChI is InChI=1S/C19H26N2O5/c1-13-4-5-16(17(11-13)26-12-15-3-2-10-25-15)20-19(24)21-8-6-14(7-9-21)18(22)23/h4-5,11,14-15H,2-3,6-10,12H2,1H3,(H,20,24)(H,22,23). The van der Waals surface area contributed by atoms with E-state index >= 15 is 0 Å². The van der Waals surface area contributed by atoms with Crippen molar-refractivity contribution >= 4 is 17.7 Å². The zero-order valence-electron chi connectivity index (χ0n) is 15.1. The highest BCUT2D eigenvalue weighted by Crippen LogP contribution is 2.28. The van der Waals surface area contributed by atoms with Gasteiger partial charge in [-0.15, -0.1) is 0 Å². The molecule has 3 rings (SSSR count). The predicted molar refractivity (Wildman–Crippen MR) is 96.6 cm³/mol. The number of aliphatic carboxylic acids is 1. The Morgan fingerprint density at radius 3 is 2.73 bits per heavy atom. The maximum absolute atomic E-state index is 12.5. The molecular weight excluding hydrogens is 336 g/mol. The van der Waals surface area contributed by atoms with Crippen molar-refractivity contribution < 1.29 is 24.2 Å². The molecule has 0 aliphatic carbocycles. The quantitative estimate of drug-likeness (QED) is 0.841. The molecule has 0 bridgehead atoms. The molecule has 0 saturated carbocycles. The number of ether oxygens (including phenoxy) is 2. The minimum atomic E-state index is -0.784. The molecule has 2 amide bonds. The largest absolute Gasteiger partial charge is 0.489 e. The second kappa shape index (κ2) is 8.40. The first-order chi connectivity index (χ1) is 12.5. The third-order valence-electron chi connectivity index (χ3n) is 4.96. The summed E-state index contributed by atoms with van der Waals surface area (Å²) in [4.78, 5) is 25.2. The number of carbonyl (C=O) groups excluding carboxylic acids is 1. The van der Waals surface area contributed by atoms with Gasteiger partial charge in [0, 0.05) is 19.7 Å². The third-order valence-corrected chi connectivity index (χ3v) is 4.96. The molecule has 7 heteroatoms. The fourth-order valence-electron chi connectivity index (χ4n) is 3.33. The van der Waals surface area contributed by atoms with Crippen molar-refractivity contribution in [2.24, 2.45) is 5.92 Å². The van der Waals surface area contributed by atoms with Crippen LogP contribution in [0.4, 0.5) is 10.5 Å². The summed E-state index contributed by atoms with van der Waals surface area (Å²) in [6.45, 7) is 4.11. The van der Waals surface area contributed by atoms with Crippen LogP contribution in [0.3, 0.4) is 0 Å². The maximum atomic E-state index is 12.5.